The van der Waals surface area contributed by atoms with Crippen LogP contribution >= 0.6 is 0 Å². The molecule has 5 rings (SSSR count). The van der Waals surface area contributed by atoms with Gasteiger partial charge in [-0.1, -0.05) is 25.5 Å². The molecule has 8 nitrogen and oxygen atoms in total. The van der Waals surface area contributed by atoms with Crippen molar-refractivity contribution in [3.05, 3.63) is 11.6 Å². The van der Waals surface area contributed by atoms with Crippen molar-refractivity contribution in [1.82, 2.24) is 4.90 Å². The third-order valence-corrected chi connectivity index (χ3v) is 13.3. The summed E-state index contributed by atoms with van der Waals surface area (Å²) in [7, 11) is 4.29. The van der Waals surface area contributed by atoms with Gasteiger partial charge in [-0.3, -0.25) is 19.2 Å². The number of carbonyl (C=O) groups is 4. The molecule has 0 saturated heterocycles. The van der Waals surface area contributed by atoms with E-state index in [-0.39, 0.29) is 23.8 Å². The molecule has 0 bridgehead atoms. The van der Waals surface area contributed by atoms with Crippen LogP contribution in [0.1, 0.15) is 110 Å². The van der Waals surface area contributed by atoms with E-state index in [1.807, 2.05) is 0 Å². The van der Waals surface area contributed by atoms with Crippen LogP contribution in [0.25, 0.3) is 0 Å². The van der Waals surface area contributed by atoms with Gasteiger partial charge in [-0.05, 0) is 124 Å². The molecule has 9 unspecified atom stereocenters. The Balaban J connectivity index is 1.13. The number of allylic oxidation sites excluding steroid dienone is 2. The van der Waals surface area contributed by atoms with Crippen LogP contribution in [0.4, 0.5) is 0 Å². The van der Waals surface area contributed by atoms with E-state index in [4.69, 9.17) is 14.2 Å². The lowest BCUT2D eigenvalue weighted by atomic mass is 9.55. The highest BCUT2D eigenvalue weighted by molar-refractivity contribution is 5.83. The highest BCUT2D eigenvalue weighted by Crippen LogP contribution is 2.84. The number of hydrogen-bond donors (Lipinski definition) is 0. The van der Waals surface area contributed by atoms with Crippen molar-refractivity contribution in [1.29, 1.82) is 0 Å². The molecule has 9 atom stereocenters. The van der Waals surface area contributed by atoms with E-state index in [9.17, 15) is 19.2 Å². The summed E-state index contributed by atoms with van der Waals surface area (Å²) < 4.78 is 14.6. The molecule has 8 heteroatoms. The van der Waals surface area contributed by atoms with Crippen LogP contribution in [0.2, 0.25) is 0 Å². The SMILES string of the molecule is COC(=O)CC/C=C(/CCC(=O)C1CC1C)CCC1(C)CCC2C(C1)C1CC13C(CCN(CCC(=O)OC)CCC(=O)OC)CC23. The van der Waals surface area contributed by atoms with Gasteiger partial charge in [-0.25, -0.2) is 0 Å². The molecule has 0 amide bonds. The topological polar surface area (TPSA) is 99.2 Å². The molecule has 0 radical (unpaired) electrons. The molecular weight excluding hydrogens is 582 g/mol. The van der Waals surface area contributed by atoms with Crippen molar-refractivity contribution in [2.24, 2.45) is 52.3 Å². The largest absolute Gasteiger partial charge is 0.469 e. The number of Topliss-reactive ketones (excluding diaryl/α,β-unsaturated/α-hetero) is 1. The Kier molecular flexibility index (Phi) is 11.4. The summed E-state index contributed by atoms with van der Waals surface area (Å²) in [5.41, 5.74) is 2.24. The summed E-state index contributed by atoms with van der Waals surface area (Å²) >= 11 is 0. The van der Waals surface area contributed by atoms with Crippen LogP contribution in [-0.2, 0) is 33.4 Å². The van der Waals surface area contributed by atoms with Crippen molar-refractivity contribution >= 4 is 23.7 Å². The van der Waals surface area contributed by atoms with Gasteiger partial charge in [0.1, 0.15) is 5.78 Å². The first-order valence-corrected chi connectivity index (χ1v) is 18.2. The van der Waals surface area contributed by atoms with E-state index in [2.05, 4.69) is 24.8 Å². The Morgan fingerprint density at radius 3 is 2.07 bits per heavy atom. The maximum absolute atomic E-state index is 12.7. The van der Waals surface area contributed by atoms with Gasteiger partial charge >= 0.3 is 17.9 Å². The minimum Gasteiger partial charge on any atom is -0.469 e. The number of fused-ring (bicyclic) bond motifs is 3. The molecule has 0 aliphatic heterocycles. The van der Waals surface area contributed by atoms with E-state index in [0.717, 1.165) is 68.2 Å². The standard InChI is InChI=1S/C38H59NO7/c1-25-21-29(25)33(40)10-9-26(7-6-8-34(41)44-3)11-16-37(2)17-12-28-30(23-37)32-24-38(32)27(22-31(28)38)13-18-39(19-14-35(42)45-4)20-15-36(43)46-5/h7,25,27-32H,6,8-24H2,1-5H3/b26-7-. The van der Waals surface area contributed by atoms with Gasteiger partial charge < -0.3 is 19.1 Å². The van der Waals surface area contributed by atoms with Gasteiger partial charge in [0, 0.05) is 31.8 Å². The Morgan fingerprint density at radius 2 is 1.43 bits per heavy atom. The quantitative estimate of drug-likeness (QED) is 0.0890. The first-order valence-electron chi connectivity index (χ1n) is 18.2. The van der Waals surface area contributed by atoms with E-state index in [1.165, 1.54) is 59.0 Å². The second kappa shape index (κ2) is 14.9. The van der Waals surface area contributed by atoms with Crippen molar-refractivity contribution < 1.29 is 33.4 Å². The molecule has 0 N–H and O–H groups in total. The fraction of sp³-hybridized carbons (Fsp3) is 0.842. The third kappa shape index (κ3) is 7.90. The molecule has 1 spiro atoms. The number of esters is 3. The monoisotopic (exact) mass is 641 g/mol. The fourth-order valence-electron chi connectivity index (χ4n) is 10.2. The number of nitrogens with zero attached hydrogens (tertiary/aromatic N) is 1. The van der Waals surface area contributed by atoms with Crippen LogP contribution in [0.5, 0.6) is 0 Å². The van der Waals surface area contributed by atoms with Gasteiger partial charge in [0.15, 0.2) is 0 Å². The maximum atomic E-state index is 12.7. The van der Waals surface area contributed by atoms with Crippen LogP contribution in [0, 0.1) is 52.3 Å². The van der Waals surface area contributed by atoms with Crippen molar-refractivity contribution in [3.63, 3.8) is 0 Å². The van der Waals surface area contributed by atoms with Gasteiger partial charge in [0.05, 0.1) is 34.2 Å². The Bertz CT molecular complexity index is 1150. The van der Waals surface area contributed by atoms with Gasteiger partial charge in [-0.15, -0.1) is 0 Å². The summed E-state index contributed by atoms with van der Waals surface area (Å²) in [6.07, 6.45) is 16.6. The lowest BCUT2D eigenvalue weighted by Gasteiger charge is -2.50. The molecule has 0 aromatic rings. The Morgan fingerprint density at radius 1 is 0.783 bits per heavy atom. The zero-order valence-electron chi connectivity index (χ0n) is 29.2. The number of carbonyl (C=O) groups excluding carboxylic acids is 4. The molecule has 0 heterocycles. The normalized spacial score (nSPS) is 35.3. The van der Waals surface area contributed by atoms with Gasteiger partial charge in [0.25, 0.3) is 0 Å². The summed E-state index contributed by atoms with van der Waals surface area (Å²) in [6, 6.07) is 0. The highest BCUT2D eigenvalue weighted by Gasteiger charge is 2.78. The number of ketones is 1. The minimum absolute atomic E-state index is 0.175. The molecular formula is C38H59NO7. The van der Waals surface area contributed by atoms with E-state index >= 15 is 0 Å². The molecule has 5 saturated carbocycles. The van der Waals surface area contributed by atoms with Gasteiger partial charge in [0.2, 0.25) is 0 Å². The Hall–Kier alpha value is -2.22. The molecule has 0 aromatic carbocycles. The number of methoxy groups -OCH3 is 3. The van der Waals surface area contributed by atoms with Crippen LogP contribution in [0.3, 0.4) is 0 Å². The summed E-state index contributed by atoms with van der Waals surface area (Å²) in [4.78, 5) is 50.3. The zero-order valence-corrected chi connectivity index (χ0v) is 29.2. The zero-order chi connectivity index (χ0) is 33.1. The maximum Gasteiger partial charge on any atom is 0.306 e. The first kappa shape index (κ1) is 35.1. The van der Waals surface area contributed by atoms with E-state index in [1.54, 1.807) is 0 Å². The fourth-order valence-corrected chi connectivity index (χ4v) is 10.2. The predicted octanol–water partition coefficient (Wildman–Crippen LogP) is 6.55. The highest BCUT2D eigenvalue weighted by atomic mass is 16.5. The van der Waals surface area contributed by atoms with Crippen molar-refractivity contribution in [3.8, 4) is 0 Å². The average molecular weight is 642 g/mol. The van der Waals surface area contributed by atoms with Crippen LogP contribution < -0.4 is 0 Å². The second-order valence-electron chi connectivity index (χ2n) is 15.9. The van der Waals surface area contributed by atoms with E-state index < -0.39 is 0 Å². The number of ether oxygens (including phenoxy) is 3. The lowest BCUT2D eigenvalue weighted by molar-refractivity contribution is -0.142. The molecule has 5 fully saturated rings. The van der Waals surface area contributed by atoms with Crippen LogP contribution in [0.15, 0.2) is 11.6 Å². The predicted molar refractivity (Wildman–Crippen MR) is 175 cm³/mol. The van der Waals surface area contributed by atoms with Crippen LogP contribution in [-0.4, -0.2) is 69.6 Å². The molecule has 5 aliphatic rings. The van der Waals surface area contributed by atoms with Gasteiger partial charge in [-0.2, -0.15) is 0 Å². The Labute approximate surface area is 276 Å². The number of rotatable bonds is 19. The minimum atomic E-state index is -0.208. The van der Waals surface area contributed by atoms with Crippen molar-refractivity contribution in [2.75, 3.05) is 41.0 Å². The number of hydrogen-bond acceptors (Lipinski definition) is 8. The lowest BCUT2D eigenvalue weighted by Crippen LogP contribution is -2.44. The summed E-state index contributed by atoms with van der Waals surface area (Å²) in [6.45, 7) is 6.84. The van der Waals surface area contributed by atoms with Crippen molar-refractivity contribution in [2.45, 2.75) is 110 Å². The second-order valence-corrected chi connectivity index (χ2v) is 15.9. The first-order chi connectivity index (χ1) is 22.0. The smallest absolute Gasteiger partial charge is 0.306 e. The molecule has 258 valence electrons. The average Bonchev–Trinajstić information content (AvgIpc) is 3.97. The summed E-state index contributed by atoms with van der Waals surface area (Å²) in [5.74, 6) is 4.90. The molecule has 0 aromatic heterocycles. The third-order valence-electron chi connectivity index (χ3n) is 13.3. The molecule has 46 heavy (non-hydrogen) atoms. The summed E-state index contributed by atoms with van der Waals surface area (Å²) in [5, 5.41) is 0. The molecule has 5 aliphatic carbocycles. The van der Waals surface area contributed by atoms with E-state index in [0.29, 0.717) is 67.7 Å².